The second-order valence-electron chi connectivity index (χ2n) is 17.3. The summed E-state index contributed by atoms with van der Waals surface area (Å²) in [6, 6.07) is 0. The topological polar surface area (TPSA) is 127 Å². The molecule has 8 nitrogen and oxygen atoms in total. The van der Waals surface area contributed by atoms with E-state index in [4.69, 9.17) is 9.47 Å². The first kappa shape index (κ1) is 46.6. The summed E-state index contributed by atoms with van der Waals surface area (Å²) in [6.07, 6.45) is 9.41. The van der Waals surface area contributed by atoms with Gasteiger partial charge in [-0.3, -0.25) is 18.6 Å². The van der Waals surface area contributed by atoms with Crippen LogP contribution in [-0.4, -0.2) is 72.6 Å². The van der Waals surface area contributed by atoms with Crippen LogP contribution in [0.15, 0.2) is 11.6 Å². The fourth-order valence-corrected chi connectivity index (χ4v) is 11.3. The quantitative estimate of drug-likeness (QED) is 0.0634. The van der Waals surface area contributed by atoms with Crippen molar-refractivity contribution in [3.63, 3.8) is 0 Å². The van der Waals surface area contributed by atoms with E-state index in [1.165, 1.54) is 11.8 Å². The van der Waals surface area contributed by atoms with Crippen LogP contribution in [0.5, 0.6) is 0 Å². The molecule has 0 spiro atoms. The minimum Gasteiger partial charge on any atom is -0.481 e. The van der Waals surface area contributed by atoms with Crippen molar-refractivity contribution in [3.8, 4) is 0 Å². The van der Waals surface area contributed by atoms with E-state index in [0.717, 1.165) is 51.4 Å². The number of carboxylic acid groups (broad SMARTS) is 1. The minimum atomic E-state index is -1.99. The Morgan fingerprint density at radius 1 is 0.860 bits per heavy atom. The zero-order valence-corrected chi connectivity index (χ0v) is 35.2. The highest BCUT2D eigenvalue weighted by Crippen LogP contribution is 2.62. The number of unbranched alkanes of at least 4 members (excludes halogenated alkanes) is 4. The lowest BCUT2D eigenvalue weighted by Crippen LogP contribution is -2.71. The molecule has 0 radical (unpaired) electrons. The average Bonchev–Trinajstić information content (AvgIpc) is 2.98. The monoisotopic (exact) mass is 744 g/mol. The van der Waals surface area contributed by atoms with Crippen molar-refractivity contribution in [2.75, 3.05) is 24.7 Å². The van der Waals surface area contributed by atoms with Gasteiger partial charge in [0.2, 0.25) is 0 Å². The number of carbonyl (C=O) groups excluding carboxylic acids is 2. The van der Waals surface area contributed by atoms with Gasteiger partial charge in [0.15, 0.2) is 0 Å². The maximum atomic E-state index is 15.0. The lowest BCUT2D eigenvalue weighted by atomic mass is 9.55. The molecule has 10 heteroatoms. The Kier molecular flexibility index (Phi) is 19.3. The van der Waals surface area contributed by atoms with Crippen molar-refractivity contribution in [2.45, 2.75) is 163 Å². The third kappa shape index (κ3) is 12.6. The molecule has 1 rings (SSSR count). The number of carboxylic acids is 1. The number of aliphatic hydroxyl groups excluding tert-OH is 1. The number of aliphatic hydroxyl groups is 1. The maximum absolute atomic E-state index is 15.0. The second kappa shape index (κ2) is 20.7. The van der Waals surface area contributed by atoms with Crippen molar-refractivity contribution in [2.24, 2.45) is 34.5 Å². The van der Waals surface area contributed by atoms with Crippen LogP contribution in [0.3, 0.4) is 0 Å². The Labute approximate surface area is 311 Å². The average molecular weight is 745 g/mol. The summed E-state index contributed by atoms with van der Waals surface area (Å²) in [5, 5.41) is 23.2. The van der Waals surface area contributed by atoms with Crippen LogP contribution in [0.2, 0.25) is 0 Å². The van der Waals surface area contributed by atoms with Crippen molar-refractivity contribution in [3.05, 3.63) is 11.6 Å². The fourth-order valence-electron chi connectivity index (χ4n) is 7.51. The number of esters is 2. The molecule has 0 fully saturated rings. The first-order valence-corrected chi connectivity index (χ1v) is 21.4. The van der Waals surface area contributed by atoms with Gasteiger partial charge in [-0.1, -0.05) is 134 Å². The first-order chi connectivity index (χ1) is 23.1. The first-order valence-electron chi connectivity index (χ1n) is 19.1. The third-order valence-electron chi connectivity index (χ3n) is 10.3. The van der Waals surface area contributed by atoms with Crippen molar-refractivity contribution < 1.29 is 38.3 Å². The van der Waals surface area contributed by atoms with Gasteiger partial charge in [-0.05, 0) is 53.4 Å². The van der Waals surface area contributed by atoms with Gasteiger partial charge in [-0.2, -0.15) is 0 Å². The molecule has 0 aromatic carbocycles. The molecular formula is C40H72O8S2. The van der Waals surface area contributed by atoms with Gasteiger partial charge in [0.1, 0.15) is 5.75 Å². The molecule has 0 aromatic rings. The van der Waals surface area contributed by atoms with Gasteiger partial charge in [0, 0.05) is 10.8 Å². The summed E-state index contributed by atoms with van der Waals surface area (Å²) in [7, 11) is -1.99. The molecule has 50 heavy (non-hydrogen) atoms. The number of hydrogen-bond acceptors (Lipinski definition) is 8. The van der Waals surface area contributed by atoms with E-state index < -0.39 is 72.7 Å². The summed E-state index contributed by atoms with van der Waals surface area (Å²) in [5.74, 6) is -3.04. The molecule has 292 valence electrons. The maximum Gasteiger partial charge on any atom is 0.318 e. The van der Waals surface area contributed by atoms with Gasteiger partial charge in [-0.25, -0.2) is 0 Å². The zero-order valence-electron chi connectivity index (χ0n) is 33.5. The number of rotatable bonds is 22. The molecule has 0 saturated carbocycles. The van der Waals surface area contributed by atoms with Crippen LogP contribution in [0, 0.1) is 34.5 Å². The van der Waals surface area contributed by atoms with Crippen molar-refractivity contribution >= 4 is 40.5 Å². The predicted octanol–water partition coefficient (Wildman–Crippen LogP) is 9.00. The molecule has 6 unspecified atom stereocenters. The normalized spacial score (nSPS) is 24.2. The van der Waals surface area contributed by atoms with Crippen LogP contribution in [-0.2, 0) is 34.7 Å². The van der Waals surface area contributed by atoms with Gasteiger partial charge < -0.3 is 19.7 Å². The number of aliphatic carboxylic acids is 1. The highest BCUT2D eigenvalue weighted by Gasteiger charge is 2.68. The summed E-state index contributed by atoms with van der Waals surface area (Å²) in [4.78, 5) is 39.5. The Morgan fingerprint density at radius 3 is 1.78 bits per heavy atom. The Balaban J connectivity index is 3.65. The van der Waals surface area contributed by atoms with E-state index >= 15 is 4.21 Å². The van der Waals surface area contributed by atoms with Gasteiger partial charge in [-0.15, -0.1) is 11.8 Å². The minimum absolute atomic E-state index is 0.0977. The summed E-state index contributed by atoms with van der Waals surface area (Å²) < 4.78 is 23.5. The number of carbonyl (C=O) groups is 3. The summed E-state index contributed by atoms with van der Waals surface area (Å²) in [5.41, 5.74) is -0.945. The number of thioether (sulfide) groups is 1. The lowest BCUT2D eigenvalue weighted by molar-refractivity contribution is -0.144. The van der Waals surface area contributed by atoms with Crippen LogP contribution in [0.1, 0.15) is 147 Å². The van der Waals surface area contributed by atoms with Crippen LogP contribution >= 0.6 is 11.8 Å². The summed E-state index contributed by atoms with van der Waals surface area (Å²) >= 11 is 1.22. The fraction of sp³-hybridized carbons (Fsp3) is 0.875. The molecular weight excluding hydrogens is 673 g/mol. The highest BCUT2D eigenvalue weighted by molar-refractivity contribution is 8.01. The number of hydrogen-bond donors (Lipinski definition) is 2. The van der Waals surface area contributed by atoms with Crippen LogP contribution in [0.4, 0.5) is 0 Å². The largest absolute Gasteiger partial charge is 0.481 e. The highest BCUT2D eigenvalue weighted by atomic mass is 32.2. The smallest absolute Gasteiger partial charge is 0.318 e. The molecule has 0 saturated heterocycles. The van der Waals surface area contributed by atoms with E-state index in [-0.39, 0.29) is 12.4 Å². The van der Waals surface area contributed by atoms with Crippen LogP contribution < -0.4 is 0 Å². The van der Waals surface area contributed by atoms with E-state index in [0.29, 0.717) is 36.9 Å². The molecule has 1 aliphatic rings. The van der Waals surface area contributed by atoms with E-state index in [9.17, 15) is 24.6 Å². The van der Waals surface area contributed by atoms with E-state index in [1.54, 1.807) is 6.92 Å². The Morgan fingerprint density at radius 2 is 1.36 bits per heavy atom. The third-order valence-corrected chi connectivity index (χ3v) is 14.3. The van der Waals surface area contributed by atoms with Crippen molar-refractivity contribution in [1.29, 1.82) is 0 Å². The van der Waals surface area contributed by atoms with E-state index in [1.807, 2.05) is 54.5 Å². The predicted molar refractivity (Wildman–Crippen MR) is 208 cm³/mol. The van der Waals surface area contributed by atoms with Gasteiger partial charge in [0.25, 0.3) is 0 Å². The molecule has 6 atom stereocenters. The SMILES string of the molecule is CCCC1C(SCC(=O)OCCCCCC(C)C)(C(C)C(=O)O)C=C(C(C)(C)C)C(O)C1(S(=O)CC(=O)OCCCCCC(C)C)C(C)(C)C. The zero-order chi connectivity index (χ0) is 38.5. The molecule has 0 aromatic heterocycles. The molecule has 0 heterocycles. The standard InChI is InChI=1S/C40H72O8S2/c1-13-20-32-39(30(6)36(44)45,49-26-33(41)47-23-18-14-16-21-28(2)3)25-31(37(7,8)9)35(43)40(32,38(10,11)12)50(46)27-34(42)48-24-19-15-17-22-29(4)5/h25,28-30,32,35,43H,13-24,26-27H2,1-12H3,(H,44,45). The second-order valence-corrected chi connectivity index (χ2v) is 20.2. The number of ether oxygens (including phenoxy) is 2. The molecule has 2 N–H and O–H groups in total. The lowest BCUT2D eigenvalue weighted by Gasteiger charge is -2.62. The van der Waals surface area contributed by atoms with Crippen molar-refractivity contribution in [1.82, 2.24) is 0 Å². The molecule has 0 bridgehead atoms. The van der Waals surface area contributed by atoms with Gasteiger partial charge >= 0.3 is 17.9 Å². The van der Waals surface area contributed by atoms with Crippen LogP contribution in [0.25, 0.3) is 0 Å². The summed E-state index contributed by atoms with van der Waals surface area (Å²) in [6.45, 7) is 24.5. The molecule has 0 aliphatic heterocycles. The van der Waals surface area contributed by atoms with E-state index in [2.05, 4.69) is 27.7 Å². The molecule has 0 amide bonds. The van der Waals surface area contributed by atoms with Gasteiger partial charge in [0.05, 0.1) is 40.5 Å². The molecule has 1 aliphatic carbocycles. The Bertz CT molecular complexity index is 1140. The Hall–Kier alpha value is -1.39.